The minimum atomic E-state index is -4.92. The van der Waals surface area contributed by atoms with Crippen LogP contribution >= 0.6 is 11.6 Å². The van der Waals surface area contributed by atoms with Gasteiger partial charge in [-0.2, -0.15) is 18.3 Å². The average molecular weight is 640 g/mol. The van der Waals surface area contributed by atoms with Crippen molar-refractivity contribution >= 4 is 27.6 Å². The maximum absolute atomic E-state index is 13.5. The molecule has 1 aromatic heterocycles. The third-order valence-electron chi connectivity index (χ3n) is 8.20. The third-order valence-corrected chi connectivity index (χ3v) is 10.2. The van der Waals surface area contributed by atoms with E-state index in [1.54, 1.807) is 29.1 Å². The molecule has 0 fully saturated rings. The van der Waals surface area contributed by atoms with E-state index in [0.29, 0.717) is 30.5 Å². The topological polar surface area (TPSA) is 81.5 Å². The first-order chi connectivity index (χ1) is 20.3. The number of methoxy groups -OCH3 is 1. The first-order valence-corrected chi connectivity index (χ1v) is 15.7. The fraction of sp³-hybridized carbons (Fsp3) is 0.400. The van der Waals surface area contributed by atoms with Gasteiger partial charge in [0, 0.05) is 36.0 Å². The molecule has 0 N–H and O–H groups in total. The lowest BCUT2D eigenvalue weighted by atomic mass is 9.80. The number of ether oxygens (including phenoxy) is 1. The Morgan fingerprint density at radius 3 is 2.58 bits per heavy atom. The van der Waals surface area contributed by atoms with Crippen LogP contribution in [0.3, 0.4) is 0 Å². The minimum Gasteiger partial charge on any atom is -0.465 e. The molecule has 0 bridgehead atoms. The van der Waals surface area contributed by atoms with Gasteiger partial charge in [-0.05, 0) is 67.1 Å². The second kappa shape index (κ2) is 12.0. The summed E-state index contributed by atoms with van der Waals surface area (Å²) >= 11 is 6.03. The van der Waals surface area contributed by atoms with Crippen LogP contribution in [0.5, 0.6) is 0 Å². The summed E-state index contributed by atoms with van der Waals surface area (Å²) in [6.07, 6.45) is -1.36. The Morgan fingerprint density at radius 1 is 1.19 bits per heavy atom. The fourth-order valence-electron chi connectivity index (χ4n) is 6.28. The van der Waals surface area contributed by atoms with Gasteiger partial charge in [-0.3, -0.25) is 0 Å². The largest absolute Gasteiger partial charge is 0.465 e. The normalized spacial score (nSPS) is 18.6. The SMILES string of the molecule is COC(=O)c1cc(Cl)ccc1CCN(C[C@H]1CCC2=C1[C@@H](C)c1cnn(-c3ccc(F)cc3)c1C2)S(=O)(=O)CC(F)(F)F. The van der Waals surface area contributed by atoms with Crippen molar-refractivity contribution in [3.8, 4) is 5.69 Å². The van der Waals surface area contributed by atoms with Gasteiger partial charge in [0.2, 0.25) is 10.0 Å². The Balaban J connectivity index is 1.42. The minimum absolute atomic E-state index is 0.0124. The molecule has 0 amide bonds. The fourth-order valence-corrected chi connectivity index (χ4v) is 7.82. The summed E-state index contributed by atoms with van der Waals surface area (Å²) in [4.78, 5) is 12.3. The average Bonchev–Trinajstić information content (AvgIpc) is 3.55. The number of carbonyl (C=O) groups excluding carboxylic acids is 1. The van der Waals surface area contributed by atoms with Crippen LogP contribution in [0, 0.1) is 11.7 Å². The van der Waals surface area contributed by atoms with Crippen LogP contribution in [0.4, 0.5) is 17.6 Å². The van der Waals surface area contributed by atoms with Gasteiger partial charge in [-0.1, -0.05) is 35.7 Å². The zero-order valence-corrected chi connectivity index (χ0v) is 25.1. The molecule has 0 aliphatic heterocycles. The molecule has 7 nitrogen and oxygen atoms in total. The van der Waals surface area contributed by atoms with Gasteiger partial charge in [-0.15, -0.1) is 0 Å². The number of nitrogens with zero attached hydrogens (tertiary/aromatic N) is 3. The van der Waals surface area contributed by atoms with Gasteiger partial charge in [0.05, 0.1) is 30.3 Å². The number of benzene rings is 2. The summed E-state index contributed by atoms with van der Waals surface area (Å²) in [5.41, 5.74) is 5.31. The van der Waals surface area contributed by atoms with Crippen molar-refractivity contribution in [2.75, 3.05) is 26.0 Å². The van der Waals surface area contributed by atoms with Crippen LogP contribution in [0.25, 0.3) is 5.69 Å². The first kappa shape index (κ1) is 31.2. The zero-order chi connectivity index (χ0) is 31.1. The van der Waals surface area contributed by atoms with Crippen LogP contribution in [0.1, 0.15) is 52.9 Å². The van der Waals surface area contributed by atoms with Crippen LogP contribution < -0.4 is 0 Å². The van der Waals surface area contributed by atoms with E-state index in [1.165, 1.54) is 31.4 Å². The lowest BCUT2D eigenvalue weighted by Crippen LogP contribution is -2.42. The van der Waals surface area contributed by atoms with Crippen LogP contribution in [-0.4, -0.2) is 60.6 Å². The number of carbonyl (C=O) groups is 1. The third kappa shape index (κ3) is 6.66. The number of rotatable bonds is 9. The van der Waals surface area contributed by atoms with Crippen molar-refractivity contribution in [3.05, 3.63) is 93.0 Å². The maximum atomic E-state index is 13.5. The molecule has 0 saturated heterocycles. The van der Waals surface area contributed by atoms with Gasteiger partial charge in [0.25, 0.3) is 0 Å². The summed E-state index contributed by atoms with van der Waals surface area (Å²) in [7, 11) is -3.55. The lowest BCUT2D eigenvalue weighted by molar-refractivity contribution is -0.107. The highest BCUT2D eigenvalue weighted by atomic mass is 35.5. The van der Waals surface area contributed by atoms with E-state index >= 15 is 0 Å². The molecule has 13 heteroatoms. The molecule has 3 aromatic rings. The van der Waals surface area contributed by atoms with Crippen molar-refractivity contribution in [2.24, 2.45) is 5.92 Å². The van der Waals surface area contributed by atoms with Crippen molar-refractivity contribution in [3.63, 3.8) is 0 Å². The number of aromatic nitrogens is 2. The summed E-state index contributed by atoms with van der Waals surface area (Å²) in [6, 6.07) is 10.5. The van der Waals surface area contributed by atoms with E-state index in [-0.39, 0.29) is 47.7 Å². The van der Waals surface area contributed by atoms with Crippen molar-refractivity contribution in [2.45, 2.75) is 44.7 Å². The van der Waals surface area contributed by atoms with Crippen molar-refractivity contribution in [1.29, 1.82) is 0 Å². The van der Waals surface area contributed by atoms with E-state index < -0.39 is 27.9 Å². The van der Waals surface area contributed by atoms with Gasteiger partial charge in [0.15, 0.2) is 5.75 Å². The van der Waals surface area contributed by atoms with E-state index in [9.17, 15) is 30.8 Å². The number of hydrogen-bond acceptors (Lipinski definition) is 5. The van der Waals surface area contributed by atoms with Gasteiger partial charge >= 0.3 is 12.1 Å². The lowest BCUT2D eigenvalue weighted by Gasteiger charge is -2.31. The summed E-state index contributed by atoms with van der Waals surface area (Å²) in [6.45, 7) is 1.61. The predicted molar refractivity (Wildman–Crippen MR) is 153 cm³/mol. The highest BCUT2D eigenvalue weighted by molar-refractivity contribution is 7.89. The Hall–Kier alpha value is -3.22. The molecule has 43 heavy (non-hydrogen) atoms. The molecule has 230 valence electrons. The highest BCUT2D eigenvalue weighted by Crippen LogP contribution is 2.47. The quantitative estimate of drug-likeness (QED) is 0.157. The molecular formula is C30H30ClF4N3O4S. The number of esters is 1. The molecule has 0 saturated carbocycles. The number of alkyl halides is 3. The van der Waals surface area contributed by atoms with E-state index in [4.69, 9.17) is 16.3 Å². The Labute approximate surface area is 252 Å². The van der Waals surface area contributed by atoms with Crippen molar-refractivity contribution < 1.29 is 35.5 Å². The monoisotopic (exact) mass is 639 g/mol. The number of allylic oxidation sites excluding steroid dienone is 1. The van der Waals surface area contributed by atoms with E-state index in [2.05, 4.69) is 5.10 Å². The highest BCUT2D eigenvalue weighted by Gasteiger charge is 2.42. The summed E-state index contributed by atoms with van der Waals surface area (Å²) < 4.78 is 87.4. The van der Waals surface area contributed by atoms with E-state index in [1.807, 2.05) is 6.92 Å². The molecule has 0 unspecified atom stereocenters. The molecule has 2 aliphatic rings. The Bertz CT molecular complexity index is 1670. The Kier molecular flexibility index (Phi) is 8.75. The van der Waals surface area contributed by atoms with Gasteiger partial charge in [0.1, 0.15) is 5.82 Å². The predicted octanol–water partition coefficient (Wildman–Crippen LogP) is 6.25. The first-order valence-electron chi connectivity index (χ1n) is 13.7. The molecule has 0 radical (unpaired) electrons. The number of hydrogen-bond donors (Lipinski definition) is 0. The molecule has 5 rings (SSSR count). The molecule has 2 aromatic carbocycles. The molecular weight excluding hydrogens is 610 g/mol. The summed E-state index contributed by atoms with van der Waals surface area (Å²) in [5.74, 6) is -3.44. The van der Waals surface area contributed by atoms with Gasteiger partial charge < -0.3 is 4.74 Å². The number of halogens is 5. The van der Waals surface area contributed by atoms with Gasteiger partial charge in [-0.25, -0.2) is 26.6 Å². The number of fused-ring (bicyclic) bond motifs is 1. The van der Waals surface area contributed by atoms with E-state index in [0.717, 1.165) is 26.7 Å². The zero-order valence-electron chi connectivity index (χ0n) is 23.5. The summed E-state index contributed by atoms with van der Waals surface area (Å²) in [5, 5.41) is 4.80. The standard InChI is InChI=1S/C30H30ClF4N3O4S/c1-18-26-15-36-38(24-9-7-23(32)8-10-24)27(26)13-20-3-4-21(28(18)20)16-37(43(40,41)17-30(33,34)35)12-11-19-5-6-22(31)14-25(19)29(39)42-2/h5-10,14-15,18,21H,3-4,11-13,16-17H2,1-2H3/t18-,21+/m0/s1. The molecule has 1 heterocycles. The van der Waals surface area contributed by atoms with Crippen molar-refractivity contribution in [1.82, 2.24) is 14.1 Å². The number of sulfonamides is 1. The maximum Gasteiger partial charge on any atom is 0.404 e. The molecule has 2 atom stereocenters. The second-order valence-corrected chi connectivity index (χ2v) is 13.3. The van der Waals surface area contributed by atoms with Crippen LogP contribution in [0.15, 0.2) is 59.8 Å². The molecule has 0 spiro atoms. The second-order valence-electron chi connectivity index (χ2n) is 10.9. The Morgan fingerprint density at radius 2 is 1.91 bits per heavy atom. The smallest absolute Gasteiger partial charge is 0.404 e. The van der Waals surface area contributed by atoms with Crippen LogP contribution in [-0.2, 0) is 27.6 Å². The molecule has 2 aliphatic carbocycles. The van der Waals surface area contributed by atoms with Crippen LogP contribution in [0.2, 0.25) is 5.02 Å².